The summed E-state index contributed by atoms with van der Waals surface area (Å²) in [6.07, 6.45) is 3.55. The van der Waals surface area contributed by atoms with E-state index >= 15 is 0 Å². The van der Waals surface area contributed by atoms with Crippen LogP contribution >= 0.6 is 0 Å². The van der Waals surface area contributed by atoms with Crippen molar-refractivity contribution in [3.8, 4) is 17.4 Å². The van der Waals surface area contributed by atoms with Gasteiger partial charge in [-0.1, -0.05) is 13.0 Å². The molecule has 230 valence electrons. The van der Waals surface area contributed by atoms with E-state index in [1.165, 1.54) is 24.4 Å². The molecule has 44 heavy (non-hydrogen) atoms. The van der Waals surface area contributed by atoms with E-state index in [-0.39, 0.29) is 61.0 Å². The number of aryl methyl sites for hydroxylation is 1. The minimum Gasteiger partial charge on any atom is -0.508 e. The quantitative estimate of drug-likeness (QED) is 0.341. The molecule has 5 aliphatic rings. The molecule has 0 aliphatic carbocycles. The van der Waals surface area contributed by atoms with Gasteiger partial charge < -0.3 is 20.1 Å². The molecule has 0 saturated carbocycles. The number of piperidine rings is 2. The molecule has 0 amide bonds. The summed E-state index contributed by atoms with van der Waals surface area (Å²) in [5.74, 6) is -0.00551. The third-order valence-corrected chi connectivity index (χ3v) is 9.85. The number of aromatic hydroxyl groups is 1. The topological polar surface area (TPSA) is 109 Å². The molecule has 2 aromatic carbocycles. The molecule has 5 aliphatic heterocycles. The second kappa shape index (κ2) is 10.3. The molecular weight excluding hydrogens is 568 g/mol. The number of phenolic OH excluding ortho intramolecular Hbond substituents is 1. The van der Waals surface area contributed by atoms with Crippen molar-refractivity contribution in [3.05, 3.63) is 52.2 Å². The number of hydrogen-bond acceptors (Lipinski definition) is 9. The molecule has 2 bridgehead atoms. The number of benzene rings is 2. The van der Waals surface area contributed by atoms with E-state index in [1.54, 1.807) is 11.0 Å². The van der Waals surface area contributed by atoms with Crippen molar-refractivity contribution in [3.63, 3.8) is 0 Å². The Balaban J connectivity index is 1.28. The van der Waals surface area contributed by atoms with Crippen LogP contribution in [0, 0.1) is 5.82 Å². The number of rotatable bonds is 6. The van der Waals surface area contributed by atoms with Crippen molar-refractivity contribution in [1.82, 2.24) is 30.0 Å². The van der Waals surface area contributed by atoms with Gasteiger partial charge in [-0.3, -0.25) is 9.69 Å². The Morgan fingerprint density at radius 3 is 2.91 bits per heavy atom. The van der Waals surface area contributed by atoms with E-state index in [0.717, 1.165) is 24.1 Å². The molecule has 5 fully saturated rings. The smallest absolute Gasteiger partial charge is 0.319 e. The first-order chi connectivity index (χ1) is 22.1. The molecule has 7 heterocycles. The average molecular weight is 606 g/mol. The third kappa shape index (κ3) is 4.33. The van der Waals surface area contributed by atoms with E-state index in [1.807, 2.05) is 6.92 Å². The lowest BCUT2D eigenvalue weighted by Gasteiger charge is -2.46. The predicted molar refractivity (Wildman–Crippen MR) is 162 cm³/mol. The van der Waals surface area contributed by atoms with E-state index < -0.39 is 29.6 Å². The summed E-state index contributed by atoms with van der Waals surface area (Å²) in [5.41, 5.74) is -0.763. The van der Waals surface area contributed by atoms with Crippen LogP contribution in [0.5, 0.6) is 11.8 Å². The number of phenols is 1. The molecule has 5 saturated heterocycles. The number of anilines is 1. The number of nitrogens with zero attached hydrogens (tertiary/aromatic N) is 6. The fraction of sp³-hybridized carbons (Fsp3) is 0.500. The summed E-state index contributed by atoms with van der Waals surface area (Å²) in [6, 6.07) is 6.17. The molecule has 0 radical (unpaired) electrons. The third-order valence-electron chi connectivity index (χ3n) is 9.85. The van der Waals surface area contributed by atoms with Gasteiger partial charge in [-0.05, 0) is 61.7 Å². The predicted octanol–water partition coefficient (Wildman–Crippen LogP) is 3.63. The summed E-state index contributed by atoms with van der Waals surface area (Å²) in [6.45, 7) is 1.60. The Bertz CT molecular complexity index is 1940. The maximum absolute atomic E-state index is 15.0. The summed E-state index contributed by atoms with van der Waals surface area (Å²) >= 11 is 0. The van der Waals surface area contributed by atoms with Crippen LogP contribution in [0.2, 0.25) is 0 Å². The van der Waals surface area contributed by atoms with Gasteiger partial charge >= 0.3 is 6.01 Å². The van der Waals surface area contributed by atoms with E-state index in [0.29, 0.717) is 46.9 Å². The molecule has 0 spiro atoms. The Labute approximate surface area is 255 Å². The van der Waals surface area contributed by atoms with Gasteiger partial charge in [-0.15, -0.1) is 0 Å². The van der Waals surface area contributed by atoms with Gasteiger partial charge in [0.1, 0.15) is 35.7 Å². The Kier molecular flexibility index (Phi) is 5.97. The minimum atomic E-state index is -1.64. The SMILES string of the molecule is [2H]C1([2H])CC[C@@]2(COc3nc(N4CC5CCC4CN5)c4cnn(-c5cc(O)cc6ccc(F)c(CC)c56)c(=O)c4n3)C[C@@H](F)CN12. The van der Waals surface area contributed by atoms with Gasteiger partial charge in [0, 0.05) is 52.3 Å². The standard InChI is InChI=1S/C32H35F2N7O3/c1-2-23-25(34)7-4-18-10-22(42)11-26(27(18)23)41-30(43)28-24(14-36-41)29(40-16-20-5-6-21(40)13-35-20)38-31(37-28)44-17-32-8-3-9-39(32)15-19(33)12-32/h4,7,10-11,14,19-21,35,42H,2-3,5-6,8-9,12-13,15-17H2,1H3/t19-,20?,21?,32+/m1/s1/i9D2. The summed E-state index contributed by atoms with van der Waals surface area (Å²) in [5, 5.41) is 20.1. The van der Waals surface area contributed by atoms with Crippen LogP contribution in [-0.4, -0.2) is 86.3 Å². The van der Waals surface area contributed by atoms with Crippen LogP contribution in [0.25, 0.3) is 27.4 Å². The first-order valence-corrected chi connectivity index (χ1v) is 15.4. The molecular formula is C32H35F2N7O3. The monoisotopic (exact) mass is 605 g/mol. The van der Waals surface area contributed by atoms with Gasteiger partial charge in [-0.25, -0.2) is 8.78 Å². The summed E-state index contributed by atoms with van der Waals surface area (Å²) in [7, 11) is 0. The second-order valence-corrected chi connectivity index (χ2v) is 12.5. The number of hydrogen-bond donors (Lipinski definition) is 2. The molecule has 9 rings (SSSR count). The number of nitrogens with one attached hydrogen (secondary N) is 1. The average Bonchev–Trinajstić information content (AvgIpc) is 3.52. The van der Waals surface area contributed by atoms with Crippen LogP contribution in [0.4, 0.5) is 14.6 Å². The number of ether oxygens (including phenoxy) is 1. The van der Waals surface area contributed by atoms with Gasteiger partial charge in [0.2, 0.25) is 0 Å². The van der Waals surface area contributed by atoms with Crippen LogP contribution in [-0.2, 0) is 6.42 Å². The van der Waals surface area contributed by atoms with E-state index in [2.05, 4.69) is 20.3 Å². The zero-order valence-electron chi connectivity index (χ0n) is 26.4. The largest absolute Gasteiger partial charge is 0.508 e. The Morgan fingerprint density at radius 1 is 1.25 bits per heavy atom. The number of halogens is 2. The highest BCUT2D eigenvalue weighted by atomic mass is 19.1. The molecule has 4 aromatic rings. The molecule has 2 N–H and O–H groups in total. The number of piperazine rings is 1. The van der Waals surface area contributed by atoms with Gasteiger partial charge in [0.25, 0.3) is 5.56 Å². The number of alkyl halides is 1. The Hall–Kier alpha value is -3.90. The zero-order chi connectivity index (χ0) is 32.0. The number of aromatic nitrogens is 4. The highest BCUT2D eigenvalue weighted by Gasteiger charge is 2.49. The second-order valence-electron chi connectivity index (χ2n) is 12.5. The van der Waals surface area contributed by atoms with Crippen molar-refractivity contribution in [2.75, 3.05) is 37.6 Å². The molecule has 12 heteroatoms. The first-order valence-electron chi connectivity index (χ1n) is 16.4. The molecule has 10 nitrogen and oxygen atoms in total. The zero-order valence-corrected chi connectivity index (χ0v) is 24.4. The summed E-state index contributed by atoms with van der Waals surface area (Å²) < 4.78 is 53.8. The van der Waals surface area contributed by atoms with E-state index in [4.69, 9.17) is 12.5 Å². The van der Waals surface area contributed by atoms with Crippen molar-refractivity contribution < 1.29 is 21.4 Å². The first kappa shape index (κ1) is 25.4. The van der Waals surface area contributed by atoms with Gasteiger partial charge in [0.15, 0.2) is 0 Å². The van der Waals surface area contributed by atoms with Crippen molar-refractivity contribution in [2.45, 2.75) is 69.2 Å². The minimum absolute atomic E-state index is 0.00136. The van der Waals surface area contributed by atoms with Crippen LogP contribution in [0.3, 0.4) is 0 Å². The highest BCUT2D eigenvalue weighted by molar-refractivity contribution is 5.95. The fourth-order valence-corrected chi connectivity index (χ4v) is 7.68. The van der Waals surface area contributed by atoms with Crippen molar-refractivity contribution in [1.29, 1.82) is 0 Å². The van der Waals surface area contributed by atoms with Gasteiger partial charge in [-0.2, -0.15) is 19.7 Å². The van der Waals surface area contributed by atoms with Crippen LogP contribution in [0.1, 0.15) is 47.3 Å². The van der Waals surface area contributed by atoms with Crippen molar-refractivity contribution in [2.24, 2.45) is 0 Å². The van der Waals surface area contributed by atoms with Crippen LogP contribution in [0.15, 0.2) is 35.3 Å². The normalized spacial score (nSPS) is 28.4. The molecule has 2 unspecified atom stereocenters. The van der Waals surface area contributed by atoms with Crippen molar-refractivity contribution >= 4 is 27.5 Å². The molecule has 2 aromatic heterocycles. The maximum Gasteiger partial charge on any atom is 0.319 e. The summed E-state index contributed by atoms with van der Waals surface area (Å²) in [4.78, 5) is 27.4. The van der Waals surface area contributed by atoms with Gasteiger partial charge in [0.05, 0.1) is 22.8 Å². The van der Waals surface area contributed by atoms with E-state index in [9.17, 15) is 18.7 Å². The van der Waals surface area contributed by atoms with Crippen LogP contribution < -0.4 is 20.5 Å². The lowest BCUT2D eigenvalue weighted by atomic mass is 9.93. The number of fused-ring (bicyclic) bond motifs is 6. The maximum atomic E-state index is 15.0. The highest BCUT2D eigenvalue weighted by Crippen LogP contribution is 2.41. The fourth-order valence-electron chi connectivity index (χ4n) is 7.68. The molecule has 4 atom stereocenters. The lowest BCUT2D eigenvalue weighted by molar-refractivity contribution is 0.107. The lowest BCUT2D eigenvalue weighted by Crippen LogP contribution is -2.61. The Morgan fingerprint density at radius 2 is 2.14 bits per heavy atom.